The van der Waals surface area contributed by atoms with Gasteiger partial charge in [-0.2, -0.15) is 0 Å². The van der Waals surface area contributed by atoms with Crippen molar-refractivity contribution in [1.82, 2.24) is 16.1 Å². The molecule has 2 aliphatic carbocycles. The summed E-state index contributed by atoms with van der Waals surface area (Å²) in [6.07, 6.45) is 8.29. The number of carbonyl (C=O) groups excluding carboxylic acids is 1. The number of nitrogens with one attached hydrogen (secondary N) is 3. The van der Waals surface area contributed by atoms with Crippen molar-refractivity contribution in [2.24, 2.45) is 10.8 Å². The number of nitrogens with two attached hydrogens (primary N) is 1. The maximum Gasteiger partial charge on any atom is 0.242 e. The second-order valence-electron chi connectivity index (χ2n) is 5.13. The topological polar surface area (TPSA) is 91.5 Å². The molecule has 0 atom stereocenters. The molecule has 2 aliphatic rings. The summed E-state index contributed by atoms with van der Waals surface area (Å²) in [7, 11) is 0. The van der Waals surface area contributed by atoms with Crippen molar-refractivity contribution in [2.75, 3.05) is 6.54 Å². The Bertz CT molecular complexity index is 308. The Morgan fingerprint density at radius 1 is 1.06 bits per heavy atom. The second-order valence-corrected chi connectivity index (χ2v) is 5.13. The molecule has 0 aromatic rings. The SMILES string of the molecule is NNC(=NCC(=O)NC1CC1)NC1CCCCC1. The zero-order chi connectivity index (χ0) is 12.8. The summed E-state index contributed by atoms with van der Waals surface area (Å²) in [5, 5.41) is 6.16. The third-order valence-electron chi connectivity index (χ3n) is 3.41. The van der Waals surface area contributed by atoms with Gasteiger partial charge in [-0.15, -0.1) is 0 Å². The Kier molecular flexibility index (Phi) is 4.81. The number of aliphatic imine (C=N–C) groups is 1. The van der Waals surface area contributed by atoms with Crippen LogP contribution in [0.5, 0.6) is 0 Å². The van der Waals surface area contributed by atoms with Crippen LogP contribution in [0.15, 0.2) is 4.99 Å². The van der Waals surface area contributed by atoms with Crippen LogP contribution in [0.2, 0.25) is 0 Å². The minimum atomic E-state index is -0.0318. The van der Waals surface area contributed by atoms with E-state index >= 15 is 0 Å². The first-order valence-electron chi connectivity index (χ1n) is 6.85. The molecular formula is C12H23N5O. The highest BCUT2D eigenvalue weighted by Gasteiger charge is 2.23. The molecule has 0 bridgehead atoms. The van der Waals surface area contributed by atoms with Crippen molar-refractivity contribution in [2.45, 2.75) is 57.0 Å². The van der Waals surface area contributed by atoms with Gasteiger partial charge in [0.15, 0.2) is 0 Å². The van der Waals surface area contributed by atoms with Crippen molar-refractivity contribution in [3.05, 3.63) is 0 Å². The summed E-state index contributed by atoms with van der Waals surface area (Å²) in [6.45, 7) is 0.135. The van der Waals surface area contributed by atoms with E-state index in [0.717, 1.165) is 25.7 Å². The van der Waals surface area contributed by atoms with Gasteiger partial charge in [-0.1, -0.05) is 19.3 Å². The van der Waals surface area contributed by atoms with Crippen molar-refractivity contribution >= 4 is 11.9 Å². The number of hydrazine groups is 1. The fraction of sp³-hybridized carbons (Fsp3) is 0.833. The lowest BCUT2D eigenvalue weighted by Crippen LogP contribution is -2.47. The third-order valence-corrected chi connectivity index (χ3v) is 3.41. The van der Waals surface area contributed by atoms with Gasteiger partial charge in [0.25, 0.3) is 0 Å². The van der Waals surface area contributed by atoms with Crippen LogP contribution in [0, 0.1) is 0 Å². The smallest absolute Gasteiger partial charge is 0.242 e. The van der Waals surface area contributed by atoms with Crippen LogP contribution in [-0.2, 0) is 4.79 Å². The molecule has 0 aromatic carbocycles. The lowest BCUT2D eigenvalue weighted by Gasteiger charge is -2.24. The fourth-order valence-electron chi connectivity index (χ4n) is 2.23. The molecule has 0 aromatic heterocycles. The first kappa shape index (κ1) is 13.1. The molecule has 6 nitrogen and oxygen atoms in total. The molecule has 0 aliphatic heterocycles. The van der Waals surface area contributed by atoms with Crippen molar-refractivity contribution < 1.29 is 4.79 Å². The largest absolute Gasteiger partial charge is 0.353 e. The molecule has 0 saturated heterocycles. The standard InChI is InChI=1S/C12H23N5O/c13-17-12(16-9-4-2-1-3-5-9)14-8-11(18)15-10-6-7-10/h9-10H,1-8,13H2,(H,15,18)(H2,14,16,17). The van der Waals surface area contributed by atoms with E-state index in [0.29, 0.717) is 18.0 Å². The van der Waals surface area contributed by atoms with Gasteiger partial charge in [0.1, 0.15) is 6.54 Å². The van der Waals surface area contributed by atoms with Crippen LogP contribution in [0.1, 0.15) is 44.9 Å². The molecule has 2 fully saturated rings. The minimum absolute atomic E-state index is 0.0318. The highest BCUT2D eigenvalue weighted by molar-refractivity contribution is 5.85. The lowest BCUT2D eigenvalue weighted by molar-refractivity contribution is -0.119. The van der Waals surface area contributed by atoms with Gasteiger partial charge in [-0.25, -0.2) is 10.8 Å². The molecule has 0 unspecified atom stereocenters. The van der Waals surface area contributed by atoms with E-state index in [4.69, 9.17) is 5.84 Å². The molecule has 102 valence electrons. The molecular weight excluding hydrogens is 230 g/mol. The second kappa shape index (κ2) is 6.58. The van der Waals surface area contributed by atoms with Crippen molar-refractivity contribution in [1.29, 1.82) is 0 Å². The summed E-state index contributed by atoms with van der Waals surface area (Å²) >= 11 is 0. The van der Waals surface area contributed by atoms with E-state index in [2.05, 4.69) is 21.1 Å². The number of amides is 1. The Morgan fingerprint density at radius 3 is 2.33 bits per heavy atom. The quantitative estimate of drug-likeness (QED) is 0.246. The van der Waals surface area contributed by atoms with E-state index < -0.39 is 0 Å². The minimum Gasteiger partial charge on any atom is -0.353 e. The van der Waals surface area contributed by atoms with E-state index in [9.17, 15) is 4.79 Å². The first-order valence-corrected chi connectivity index (χ1v) is 6.85. The number of nitrogens with zero attached hydrogens (tertiary/aromatic N) is 1. The molecule has 18 heavy (non-hydrogen) atoms. The summed E-state index contributed by atoms with van der Waals surface area (Å²) in [5.74, 6) is 5.90. The lowest BCUT2D eigenvalue weighted by atomic mass is 9.96. The van der Waals surface area contributed by atoms with Gasteiger partial charge >= 0.3 is 0 Å². The van der Waals surface area contributed by atoms with Crippen molar-refractivity contribution in [3.63, 3.8) is 0 Å². The molecule has 0 heterocycles. The van der Waals surface area contributed by atoms with Crippen LogP contribution in [-0.4, -0.2) is 30.5 Å². The van der Waals surface area contributed by atoms with Gasteiger partial charge in [0.05, 0.1) is 0 Å². The van der Waals surface area contributed by atoms with Gasteiger partial charge in [-0.05, 0) is 25.7 Å². The highest BCUT2D eigenvalue weighted by Crippen LogP contribution is 2.18. The van der Waals surface area contributed by atoms with E-state index in [-0.39, 0.29) is 12.5 Å². The van der Waals surface area contributed by atoms with E-state index in [1.165, 1.54) is 19.3 Å². The summed E-state index contributed by atoms with van der Waals surface area (Å²) in [6, 6.07) is 0.813. The van der Waals surface area contributed by atoms with Crippen molar-refractivity contribution in [3.8, 4) is 0 Å². The Hall–Kier alpha value is -1.30. The Morgan fingerprint density at radius 2 is 1.72 bits per heavy atom. The summed E-state index contributed by atoms with van der Waals surface area (Å²) in [4.78, 5) is 15.7. The third kappa shape index (κ3) is 4.52. The summed E-state index contributed by atoms with van der Waals surface area (Å²) in [5.41, 5.74) is 2.53. The summed E-state index contributed by atoms with van der Waals surface area (Å²) < 4.78 is 0. The number of guanidine groups is 1. The molecule has 0 radical (unpaired) electrons. The van der Waals surface area contributed by atoms with E-state index in [1.54, 1.807) is 0 Å². The van der Waals surface area contributed by atoms with Gasteiger partial charge < -0.3 is 10.6 Å². The molecule has 6 heteroatoms. The fourth-order valence-corrected chi connectivity index (χ4v) is 2.23. The van der Waals surface area contributed by atoms with E-state index in [1.807, 2.05) is 0 Å². The van der Waals surface area contributed by atoms with Gasteiger partial charge in [0.2, 0.25) is 11.9 Å². The molecule has 0 spiro atoms. The Labute approximate surface area is 108 Å². The molecule has 2 saturated carbocycles. The molecule has 2 rings (SSSR count). The Balaban J connectivity index is 1.73. The van der Waals surface area contributed by atoms with Gasteiger partial charge in [0, 0.05) is 12.1 Å². The van der Waals surface area contributed by atoms with Gasteiger partial charge in [-0.3, -0.25) is 10.2 Å². The van der Waals surface area contributed by atoms with Crippen LogP contribution >= 0.6 is 0 Å². The average molecular weight is 253 g/mol. The van der Waals surface area contributed by atoms with Crippen LogP contribution in [0.25, 0.3) is 0 Å². The predicted octanol–water partition coefficient (Wildman–Crippen LogP) is 0.00660. The number of carbonyl (C=O) groups is 1. The monoisotopic (exact) mass is 253 g/mol. The zero-order valence-corrected chi connectivity index (χ0v) is 10.7. The average Bonchev–Trinajstić information content (AvgIpc) is 3.19. The zero-order valence-electron chi connectivity index (χ0n) is 10.7. The number of hydrogen-bond donors (Lipinski definition) is 4. The maximum atomic E-state index is 11.5. The van der Waals surface area contributed by atoms with Crippen LogP contribution in [0.4, 0.5) is 0 Å². The maximum absolute atomic E-state index is 11.5. The van der Waals surface area contributed by atoms with Crippen LogP contribution < -0.4 is 21.9 Å². The number of hydrogen-bond acceptors (Lipinski definition) is 3. The predicted molar refractivity (Wildman–Crippen MR) is 70.8 cm³/mol. The molecule has 5 N–H and O–H groups in total. The normalized spacial score (nSPS) is 21.5. The first-order chi connectivity index (χ1) is 8.78. The number of rotatable bonds is 4. The highest BCUT2D eigenvalue weighted by atomic mass is 16.2. The van der Waals surface area contributed by atoms with Crippen LogP contribution in [0.3, 0.4) is 0 Å². The molecule has 1 amide bonds.